The highest BCUT2D eigenvalue weighted by atomic mass is 32.2. The summed E-state index contributed by atoms with van der Waals surface area (Å²) in [5, 5.41) is 6.79. The van der Waals surface area contributed by atoms with Gasteiger partial charge in [0.15, 0.2) is 0 Å². The van der Waals surface area contributed by atoms with E-state index >= 15 is 0 Å². The van der Waals surface area contributed by atoms with Crippen molar-refractivity contribution in [3.63, 3.8) is 0 Å². The molecule has 0 aliphatic heterocycles. The van der Waals surface area contributed by atoms with Gasteiger partial charge in [-0.2, -0.15) is 29.5 Å². The average Bonchev–Trinajstić information content (AvgIpc) is 2.13. The molecule has 0 spiro atoms. The largest absolute Gasteiger partial charge is 0.480 e. The van der Waals surface area contributed by atoms with Crippen LogP contribution in [0.15, 0.2) is 0 Å². The van der Waals surface area contributed by atoms with Crippen LogP contribution in [-0.2, 0) is 25.0 Å². The van der Waals surface area contributed by atoms with Gasteiger partial charge in [0.05, 0.1) is 0 Å². The van der Waals surface area contributed by atoms with Crippen molar-refractivity contribution < 1.29 is 35.8 Å². The van der Waals surface area contributed by atoms with Gasteiger partial charge in [0.1, 0.15) is 17.2 Å². The molecule has 0 aliphatic carbocycles. The fraction of sp³-hybridized carbons (Fsp3) is 0.800. The molecular formula is C5H14N2O8S3. The zero-order chi connectivity index (χ0) is 15.1. The number of hydrogen-bond donors (Lipinski definition) is 6. The molecule has 0 aromatic heterocycles. The molecule has 0 heterocycles. The molecule has 0 amide bonds. The molecule has 0 fully saturated rings. The Balaban J connectivity index is 0. The number of hydrogen-bond acceptors (Lipinski definition) is 8. The number of carboxylic acid groups (broad SMARTS) is 1. The lowest BCUT2D eigenvalue weighted by Gasteiger charge is -2.01. The van der Waals surface area contributed by atoms with Crippen molar-refractivity contribution in [3.8, 4) is 0 Å². The van der Waals surface area contributed by atoms with E-state index in [1.807, 2.05) is 0 Å². The lowest BCUT2D eigenvalue weighted by atomic mass is 10.4. The Morgan fingerprint density at radius 1 is 1.17 bits per heavy atom. The summed E-state index contributed by atoms with van der Waals surface area (Å²) in [5.74, 6) is -2.49. The Kier molecular flexibility index (Phi) is 8.70. The number of carboxylic acids is 1. The van der Waals surface area contributed by atoms with Crippen LogP contribution in [0.5, 0.6) is 0 Å². The monoisotopic (exact) mass is 326 g/mol. The zero-order valence-corrected chi connectivity index (χ0v) is 11.4. The average molecular weight is 326 g/mol. The van der Waals surface area contributed by atoms with Crippen LogP contribution in [-0.4, -0.2) is 59.9 Å². The molecule has 7 N–H and O–H groups in total. The first kappa shape index (κ1) is 19.9. The molecule has 0 aromatic carbocycles. The summed E-state index contributed by atoms with van der Waals surface area (Å²) in [6.07, 6.45) is 0. The first-order chi connectivity index (χ1) is 7.81. The number of aliphatic carboxylic acids is 1. The Morgan fingerprint density at radius 3 is 1.61 bits per heavy atom. The second-order valence-corrected chi connectivity index (χ2v) is 6.43. The van der Waals surface area contributed by atoms with Crippen molar-refractivity contribution in [2.24, 2.45) is 11.5 Å². The molecule has 13 heteroatoms. The first-order valence-electron chi connectivity index (χ1n) is 4.07. The van der Waals surface area contributed by atoms with Gasteiger partial charge in [0, 0.05) is 5.75 Å². The molecule has 0 aromatic rings. The van der Waals surface area contributed by atoms with E-state index in [2.05, 4.69) is 12.6 Å². The van der Waals surface area contributed by atoms with E-state index in [1.165, 1.54) is 0 Å². The van der Waals surface area contributed by atoms with Crippen LogP contribution >= 0.6 is 12.6 Å². The first-order valence-corrected chi connectivity index (χ1v) is 7.82. The van der Waals surface area contributed by atoms with Crippen LogP contribution in [0.3, 0.4) is 0 Å². The lowest BCUT2D eigenvalue weighted by molar-refractivity contribution is -0.138. The molecule has 0 unspecified atom stereocenters. The molecule has 2 atom stereocenters. The third-order valence-electron chi connectivity index (χ3n) is 1.27. The van der Waals surface area contributed by atoms with E-state index in [0.29, 0.717) is 0 Å². The van der Waals surface area contributed by atoms with Crippen LogP contribution in [0.4, 0.5) is 0 Å². The predicted octanol–water partition coefficient (Wildman–Crippen LogP) is -2.63. The van der Waals surface area contributed by atoms with Gasteiger partial charge in [0.2, 0.25) is 0 Å². The minimum atomic E-state index is -4.27. The van der Waals surface area contributed by atoms with Gasteiger partial charge < -0.3 is 16.6 Å². The van der Waals surface area contributed by atoms with Crippen molar-refractivity contribution in [2.45, 2.75) is 11.4 Å². The molecule has 0 rings (SSSR count). The highest BCUT2D eigenvalue weighted by molar-refractivity contribution is 7.88. The highest BCUT2D eigenvalue weighted by Gasteiger charge is 2.18. The van der Waals surface area contributed by atoms with Crippen molar-refractivity contribution in [2.75, 3.05) is 11.5 Å². The fourth-order valence-corrected chi connectivity index (χ4v) is 1.74. The molecule has 0 aliphatic rings. The molecule has 0 radical (unpaired) electrons. The molecule has 0 bridgehead atoms. The van der Waals surface area contributed by atoms with E-state index in [1.54, 1.807) is 0 Å². The topological polar surface area (TPSA) is 198 Å². The van der Waals surface area contributed by atoms with E-state index in [4.69, 9.17) is 25.7 Å². The molecule has 10 nitrogen and oxygen atoms in total. The zero-order valence-electron chi connectivity index (χ0n) is 8.87. The van der Waals surface area contributed by atoms with Gasteiger partial charge >= 0.3 is 5.97 Å². The minimum absolute atomic E-state index is 0.0706. The van der Waals surface area contributed by atoms with Gasteiger partial charge in [-0.1, -0.05) is 0 Å². The summed E-state index contributed by atoms with van der Waals surface area (Å²) in [7, 11) is -8.33. The van der Waals surface area contributed by atoms with Crippen LogP contribution in [0.25, 0.3) is 0 Å². The maximum absolute atomic E-state index is 9.96. The van der Waals surface area contributed by atoms with Gasteiger partial charge in [-0.3, -0.25) is 13.9 Å². The van der Waals surface area contributed by atoms with Crippen LogP contribution in [0, 0.1) is 0 Å². The maximum atomic E-state index is 9.96. The Bertz CT molecular complexity index is 457. The maximum Gasteiger partial charge on any atom is 0.321 e. The van der Waals surface area contributed by atoms with E-state index in [9.17, 15) is 21.6 Å². The van der Waals surface area contributed by atoms with Crippen molar-refractivity contribution in [1.29, 1.82) is 0 Å². The third kappa shape index (κ3) is 12.0. The van der Waals surface area contributed by atoms with Gasteiger partial charge in [-0.15, -0.1) is 0 Å². The van der Waals surface area contributed by atoms with E-state index < -0.39 is 43.4 Å². The second-order valence-electron chi connectivity index (χ2n) is 2.93. The van der Waals surface area contributed by atoms with Crippen molar-refractivity contribution in [3.05, 3.63) is 0 Å². The molecule has 0 saturated carbocycles. The smallest absolute Gasteiger partial charge is 0.321 e. The van der Waals surface area contributed by atoms with Gasteiger partial charge in [0.25, 0.3) is 20.2 Å². The molecule has 0 saturated heterocycles. The van der Waals surface area contributed by atoms with Gasteiger partial charge in [-0.05, 0) is 0 Å². The normalized spacial score (nSPS) is 15.2. The Morgan fingerprint density at radius 2 is 1.56 bits per heavy atom. The highest BCUT2D eigenvalue weighted by Crippen LogP contribution is 1.91. The summed E-state index contributed by atoms with van der Waals surface area (Å²) >= 11 is 3.54. The van der Waals surface area contributed by atoms with Crippen molar-refractivity contribution in [1.82, 2.24) is 0 Å². The fourth-order valence-electron chi connectivity index (χ4n) is 0.392. The quantitative estimate of drug-likeness (QED) is 0.229. The van der Waals surface area contributed by atoms with Crippen LogP contribution in [0.1, 0.15) is 0 Å². The predicted molar refractivity (Wildman–Crippen MR) is 65.4 cm³/mol. The Hall–Kier alpha value is -0.440. The van der Waals surface area contributed by atoms with Gasteiger partial charge in [-0.25, -0.2) is 0 Å². The molecule has 18 heavy (non-hydrogen) atoms. The summed E-state index contributed by atoms with van der Waals surface area (Å²) in [6, 6.07) is -1.56. The number of rotatable bonds is 5. The Labute approximate surface area is 109 Å². The number of nitrogens with two attached hydrogens (primary N) is 2. The number of thiol groups is 1. The second kappa shape index (κ2) is 7.88. The SMILES string of the molecule is N[C@@H](CS(=O)(=O)O)C(=O)O.N[C@@H](CS)S(=O)(=O)O. The van der Waals surface area contributed by atoms with Crippen LogP contribution < -0.4 is 11.5 Å². The van der Waals surface area contributed by atoms with Crippen LogP contribution in [0.2, 0.25) is 0 Å². The minimum Gasteiger partial charge on any atom is -0.480 e. The summed E-state index contributed by atoms with van der Waals surface area (Å²) in [5.41, 5.74) is 9.60. The summed E-state index contributed by atoms with van der Waals surface area (Å²) in [4.78, 5) is 9.88. The lowest BCUT2D eigenvalue weighted by Crippen LogP contribution is -2.36. The molecule has 110 valence electrons. The van der Waals surface area contributed by atoms with Crippen molar-refractivity contribution >= 4 is 38.8 Å². The summed E-state index contributed by atoms with van der Waals surface area (Å²) < 4.78 is 56.0. The summed E-state index contributed by atoms with van der Waals surface area (Å²) in [6.45, 7) is 0. The standard InChI is InChI=1S/C3H7NO5S.C2H7NO3S2/c4-2(3(5)6)1-10(7,8)9;3-2(1-7)8(4,5)6/h2H,1,4H2,(H,5,6)(H,7,8,9);2,7H,1,3H2,(H,4,5,6)/t2*2-/m01/s1. The molecular weight excluding hydrogens is 312 g/mol. The third-order valence-corrected chi connectivity index (χ3v) is 3.62. The van der Waals surface area contributed by atoms with E-state index in [0.717, 1.165) is 0 Å². The number of carbonyl (C=O) groups is 1. The van der Waals surface area contributed by atoms with E-state index in [-0.39, 0.29) is 5.75 Å².